The van der Waals surface area contributed by atoms with Crippen molar-refractivity contribution in [3.05, 3.63) is 42.4 Å². The summed E-state index contributed by atoms with van der Waals surface area (Å²) in [6, 6.07) is 3.86. The summed E-state index contributed by atoms with van der Waals surface area (Å²) in [6.45, 7) is 0. The number of nitrogens with one attached hydrogen (secondary N) is 1. The highest BCUT2D eigenvalue weighted by Gasteiger charge is 2.10. The summed E-state index contributed by atoms with van der Waals surface area (Å²) in [7, 11) is 0. The van der Waals surface area contributed by atoms with Crippen molar-refractivity contribution in [3.63, 3.8) is 0 Å². The normalized spacial score (nSPS) is 11.1. The van der Waals surface area contributed by atoms with E-state index >= 15 is 0 Å². The first kappa shape index (κ1) is 9.08. The first-order valence-corrected chi connectivity index (χ1v) is 4.61. The van der Waals surface area contributed by atoms with Crippen LogP contribution in [0, 0.1) is 11.6 Å². The lowest BCUT2D eigenvalue weighted by atomic mass is 10.3. The second kappa shape index (κ2) is 3.16. The Morgan fingerprint density at radius 2 is 2.00 bits per heavy atom. The molecule has 0 unspecified atom stereocenters. The molecule has 0 aliphatic carbocycles. The molecule has 3 rings (SSSR count). The van der Waals surface area contributed by atoms with Crippen LogP contribution in [-0.4, -0.2) is 9.97 Å². The number of hydrogen-bond acceptors (Lipinski definition) is 2. The lowest BCUT2D eigenvalue weighted by molar-refractivity contribution is 0.510. The minimum Gasteiger partial charge on any atom is -0.472 e. The molecule has 3 nitrogen and oxygen atoms in total. The fraction of sp³-hybridized carbons (Fsp3) is 0. The Hall–Kier alpha value is -2.17. The zero-order chi connectivity index (χ0) is 11.1. The third kappa shape index (κ3) is 1.29. The van der Waals surface area contributed by atoms with Gasteiger partial charge in [-0.1, -0.05) is 0 Å². The summed E-state index contributed by atoms with van der Waals surface area (Å²) >= 11 is 0. The third-order valence-electron chi connectivity index (χ3n) is 2.32. The average molecular weight is 220 g/mol. The Morgan fingerprint density at radius 1 is 1.19 bits per heavy atom. The van der Waals surface area contributed by atoms with Crippen molar-refractivity contribution in [2.75, 3.05) is 0 Å². The molecule has 0 saturated carbocycles. The molecule has 0 saturated heterocycles. The van der Waals surface area contributed by atoms with Crippen molar-refractivity contribution in [2.24, 2.45) is 0 Å². The molecule has 0 aliphatic rings. The summed E-state index contributed by atoms with van der Waals surface area (Å²) in [6.07, 6.45) is 3.01. The largest absolute Gasteiger partial charge is 0.472 e. The number of halogens is 2. The van der Waals surface area contributed by atoms with E-state index in [2.05, 4.69) is 9.97 Å². The van der Waals surface area contributed by atoms with Crippen LogP contribution in [0.5, 0.6) is 0 Å². The monoisotopic (exact) mass is 220 g/mol. The van der Waals surface area contributed by atoms with Gasteiger partial charge in [0.1, 0.15) is 12.1 Å². The number of benzene rings is 1. The molecule has 0 spiro atoms. The van der Waals surface area contributed by atoms with Gasteiger partial charge in [0.05, 0.1) is 22.9 Å². The van der Waals surface area contributed by atoms with Gasteiger partial charge >= 0.3 is 0 Å². The number of hydrogen-bond donors (Lipinski definition) is 1. The zero-order valence-electron chi connectivity index (χ0n) is 8.00. The third-order valence-corrected chi connectivity index (χ3v) is 2.32. The summed E-state index contributed by atoms with van der Waals surface area (Å²) in [4.78, 5) is 7.02. The maximum atomic E-state index is 13.0. The van der Waals surface area contributed by atoms with Crippen molar-refractivity contribution >= 4 is 11.0 Å². The van der Waals surface area contributed by atoms with Gasteiger partial charge in [0, 0.05) is 12.1 Å². The fourth-order valence-corrected chi connectivity index (χ4v) is 1.54. The molecule has 0 aliphatic heterocycles. The maximum absolute atomic E-state index is 13.0. The first-order valence-electron chi connectivity index (χ1n) is 4.61. The number of fused-ring (bicyclic) bond motifs is 1. The van der Waals surface area contributed by atoms with Crippen molar-refractivity contribution in [1.82, 2.24) is 9.97 Å². The molecule has 0 fully saturated rings. The van der Waals surface area contributed by atoms with Gasteiger partial charge in [0.25, 0.3) is 0 Å². The molecular formula is C11H6F2N2O. The number of imidazole rings is 1. The van der Waals surface area contributed by atoms with Crippen LogP contribution in [0.2, 0.25) is 0 Å². The van der Waals surface area contributed by atoms with Gasteiger partial charge in [0.15, 0.2) is 11.6 Å². The molecule has 0 atom stereocenters. The molecule has 0 bridgehead atoms. The van der Waals surface area contributed by atoms with E-state index in [1.807, 2.05) is 0 Å². The van der Waals surface area contributed by atoms with Crippen molar-refractivity contribution < 1.29 is 13.2 Å². The molecule has 5 heteroatoms. The number of furan rings is 1. The average Bonchev–Trinajstić information content (AvgIpc) is 2.86. The minimum absolute atomic E-state index is 0.384. The standard InChI is InChI=1S/C11H6F2N2O/c12-7-3-9-10(4-8(7)13)15-11(14-9)6-1-2-16-5-6/h1-5H,(H,14,15). The zero-order valence-corrected chi connectivity index (χ0v) is 8.00. The van der Waals surface area contributed by atoms with Gasteiger partial charge < -0.3 is 9.40 Å². The number of aromatic nitrogens is 2. The minimum atomic E-state index is -0.905. The summed E-state index contributed by atoms with van der Waals surface area (Å²) in [5.74, 6) is -1.28. The Morgan fingerprint density at radius 3 is 2.75 bits per heavy atom. The van der Waals surface area contributed by atoms with Gasteiger partial charge in [0.2, 0.25) is 0 Å². The SMILES string of the molecule is Fc1cc2nc(-c3ccoc3)[nH]c2cc1F. The molecule has 2 heterocycles. The Balaban J connectivity index is 2.23. The predicted molar refractivity (Wildman–Crippen MR) is 53.7 cm³/mol. The van der Waals surface area contributed by atoms with Crippen molar-refractivity contribution in [2.45, 2.75) is 0 Å². The van der Waals surface area contributed by atoms with E-state index in [0.717, 1.165) is 17.7 Å². The molecular weight excluding hydrogens is 214 g/mol. The van der Waals surface area contributed by atoms with E-state index in [4.69, 9.17) is 4.42 Å². The van der Waals surface area contributed by atoms with Crippen LogP contribution in [0.4, 0.5) is 8.78 Å². The Labute approximate surface area is 88.7 Å². The molecule has 80 valence electrons. The number of aromatic amines is 1. The first-order chi connectivity index (χ1) is 7.74. The summed E-state index contributed by atoms with van der Waals surface area (Å²) in [5.41, 5.74) is 1.57. The molecule has 1 N–H and O–H groups in total. The summed E-state index contributed by atoms with van der Waals surface area (Å²) < 4.78 is 30.8. The molecule has 3 aromatic rings. The fourth-order valence-electron chi connectivity index (χ4n) is 1.54. The van der Waals surface area contributed by atoms with Gasteiger partial charge in [-0.2, -0.15) is 0 Å². The number of H-pyrrole nitrogens is 1. The second-order valence-corrected chi connectivity index (χ2v) is 3.38. The molecule has 2 aromatic heterocycles. The Bertz CT molecular complexity index is 604. The van der Waals surface area contributed by atoms with Crippen LogP contribution >= 0.6 is 0 Å². The van der Waals surface area contributed by atoms with E-state index < -0.39 is 11.6 Å². The van der Waals surface area contributed by atoms with Crippen LogP contribution in [0.25, 0.3) is 22.4 Å². The molecule has 1 aromatic carbocycles. The van der Waals surface area contributed by atoms with E-state index in [-0.39, 0.29) is 0 Å². The van der Waals surface area contributed by atoms with Gasteiger partial charge in [-0.25, -0.2) is 13.8 Å². The van der Waals surface area contributed by atoms with E-state index in [1.54, 1.807) is 6.07 Å². The van der Waals surface area contributed by atoms with Gasteiger partial charge in [-0.15, -0.1) is 0 Å². The highest BCUT2D eigenvalue weighted by atomic mass is 19.2. The van der Waals surface area contributed by atoms with Crippen LogP contribution in [0.3, 0.4) is 0 Å². The topological polar surface area (TPSA) is 41.8 Å². The van der Waals surface area contributed by atoms with Crippen molar-refractivity contribution in [3.8, 4) is 11.4 Å². The van der Waals surface area contributed by atoms with Crippen LogP contribution in [-0.2, 0) is 0 Å². The molecule has 0 radical (unpaired) electrons. The predicted octanol–water partition coefficient (Wildman–Crippen LogP) is 3.10. The van der Waals surface area contributed by atoms with Gasteiger partial charge in [-0.3, -0.25) is 0 Å². The van der Waals surface area contributed by atoms with E-state index in [1.165, 1.54) is 12.5 Å². The lowest BCUT2D eigenvalue weighted by Gasteiger charge is -1.90. The highest BCUT2D eigenvalue weighted by molar-refractivity contribution is 5.79. The lowest BCUT2D eigenvalue weighted by Crippen LogP contribution is -1.82. The number of nitrogens with zero attached hydrogens (tertiary/aromatic N) is 1. The van der Waals surface area contributed by atoms with Crippen molar-refractivity contribution in [1.29, 1.82) is 0 Å². The van der Waals surface area contributed by atoms with Crippen LogP contribution in [0.15, 0.2) is 35.1 Å². The number of rotatable bonds is 1. The van der Waals surface area contributed by atoms with Crippen LogP contribution < -0.4 is 0 Å². The van der Waals surface area contributed by atoms with Gasteiger partial charge in [-0.05, 0) is 6.07 Å². The highest BCUT2D eigenvalue weighted by Crippen LogP contribution is 2.22. The van der Waals surface area contributed by atoms with Crippen LogP contribution in [0.1, 0.15) is 0 Å². The molecule has 16 heavy (non-hydrogen) atoms. The quantitative estimate of drug-likeness (QED) is 0.684. The smallest absolute Gasteiger partial charge is 0.161 e. The Kier molecular flexibility index (Phi) is 1.80. The summed E-state index contributed by atoms with van der Waals surface area (Å²) in [5, 5.41) is 0. The van der Waals surface area contributed by atoms with E-state index in [0.29, 0.717) is 16.9 Å². The molecule has 0 amide bonds. The second-order valence-electron chi connectivity index (χ2n) is 3.38. The maximum Gasteiger partial charge on any atom is 0.161 e. The van der Waals surface area contributed by atoms with E-state index in [9.17, 15) is 8.78 Å².